The Bertz CT molecular complexity index is 709. The fourth-order valence-corrected chi connectivity index (χ4v) is 3.44. The maximum absolute atomic E-state index is 11.8. The van der Waals surface area contributed by atoms with E-state index in [0.717, 1.165) is 50.5 Å². The van der Waals surface area contributed by atoms with Gasteiger partial charge in [-0.1, -0.05) is 29.4 Å². The average molecular weight is 401 g/mol. The summed E-state index contributed by atoms with van der Waals surface area (Å²) in [6.07, 6.45) is 17.4. The Balaban J connectivity index is 1.67. The van der Waals surface area contributed by atoms with Gasteiger partial charge in [-0.05, 0) is 89.3 Å². The number of furan rings is 1. The molecule has 4 heteroatoms. The molecular formula is C25H36O4. The largest absolute Gasteiger partial charge is 0.472 e. The van der Waals surface area contributed by atoms with Crippen LogP contribution in [0.4, 0.5) is 0 Å². The smallest absolute Gasteiger partial charge is 0.311 e. The van der Waals surface area contributed by atoms with E-state index in [2.05, 4.69) is 32.1 Å². The number of aliphatic hydroxyl groups excluding tert-OH is 1. The van der Waals surface area contributed by atoms with Gasteiger partial charge >= 0.3 is 5.97 Å². The highest BCUT2D eigenvalue weighted by molar-refractivity contribution is 5.73. The van der Waals surface area contributed by atoms with Gasteiger partial charge in [0.15, 0.2) is 0 Å². The van der Waals surface area contributed by atoms with Gasteiger partial charge in [0.05, 0.1) is 24.5 Å². The van der Waals surface area contributed by atoms with Gasteiger partial charge in [0, 0.05) is 0 Å². The summed E-state index contributed by atoms with van der Waals surface area (Å²) in [5, 5.41) is 9.98. The summed E-state index contributed by atoms with van der Waals surface area (Å²) >= 11 is 0. The van der Waals surface area contributed by atoms with E-state index in [1.54, 1.807) is 13.2 Å². The van der Waals surface area contributed by atoms with E-state index in [0.29, 0.717) is 13.0 Å². The molecule has 1 saturated heterocycles. The van der Waals surface area contributed by atoms with Gasteiger partial charge in [-0.15, -0.1) is 0 Å². The monoisotopic (exact) mass is 400 g/mol. The van der Waals surface area contributed by atoms with Crippen LogP contribution in [-0.4, -0.2) is 23.8 Å². The molecule has 160 valence electrons. The number of carbonyl (C=O) groups excluding carboxylic acids is 1. The maximum Gasteiger partial charge on any atom is 0.311 e. The number of carbonyl (C=O) groups is 1. The molecular weight excluding hydrogens is 364 g/mol. The third-order valence-corrected chi connectivity index (χ3v) is 5.62. The van der Waals surface area contributed by atoms with Gasteiger partial charge in [-0.25, -0.2) is 0 Å². The lowest BCUT2D eigenvalue weighted by Crippen LogP contribution is -2.30. The molecule has 1 aromatic heterocycles. The van der Waals surface area contributed by atoms with Crippen LogP contribution in [0, 0.1) is 5.92 Å². The summed E-state index contributed by atoms with van der Waals surface area (Å²) in [6, 6.07) is 2.02. The third kappa shape index (κ3) is 8.86. The molecule has 0 bridgehead atoms. The van der Waals surface area contributed by atoms with Crippen molar-refractivity contribution in [2.24, 2.45) is 5.92 Å². The van der Waals surface area contributed by atoms with Gasteiger partial charge in [0.2, 0.25) is 0 Å². The highest BCUT2D eigenvalue weighted by Crippen LogP contribution is 2.20. The average Bonchev–Trinajstić information content (AvgIpc) is 3.21. The fraction of sp³-hybridized carbons (Fsp3) is 0.560. The van der Waals surface area contributed by atoms with Gasteiger partial charge in [-0.2, -0.15) is 0 Å². The van der Waals surface area contributed by atoms with E-state index in [1.807, 2.05) is 12.3 Å². The van der Waals surface area contributed by atoms with Crippen LogP contribution < -0.4 is 0 Å². The second-order valence-electron chi connectivity index (χ2n) is 8.21. The fourth-order valence-electron chi connectivity index (χ4n) is 3.44. The second-order valence-corrected chi connectivity index (χ2v) is 8.21. The molecule has 29 heavy (non-hydrogen) atoms. The van der Waals surface area contributed by atoms with Crippen LogP contribution in [0.1, 0.15) is 71.3 Å². The molecule has 4 nitrogen and oxygen atoms in total. The van der Waals surface area contributed by atoms with Crippen LogP contribution in [0.2, 0.25) is 0 Å². The highest BCUT2D eigenvalue weighted by atomic mass is 16.5. The summed E-state index contributed by atoms with van der Waals surface area (Å²) in [5.41, 5.74) is 5.20. The zero-order valence-corrected chi connectivity index (χ0v) is 18.2. The van der Waals surface area contributed by atoms with Crippen molar-refractivity contribution < 1.29 is 19.1 Å². The normalized spacial score (nSPS) is 23.0. The van der Waals surface area contributed by atoms with Crippen molar-refractivity contribution in [3.63, 3.8) is 0 Å². The van der Waals surface area contributed by atoms with E-state index in [-0.39, 0.29) is 5.97 Å². The highest BCUT2D eigenvalue weighted by Gasteiger charge is 2.25. The number of esters is 1. The molecule has 1 aliphatic heterocycles. The molecule has 2 atom stereocenters. The maximum atomic E-state index is 11.8. The van der Waals surface area contributed by atoms with Crippen molar-refractivity contribution in [2.75, 3.05) is 6.61 Å². The summed E-state index contributed by atoms with van der Waals surface area (Å²) in [7, 11) is 0. The molecule has 2 heterocycles. The Labute approximate surface area is 175 Å². The van der Waals surface area contributed by atoms with E-state index < -0.39 is 12.0 Å². The lowest BCUT2D eigenvalue weighted by molar-refractivity contribution is -0.151. The molecule has 0 amide bonds. The molecule has 1 fully saturated rings. The first-order chi connectivity index (χ1) is 14.0. The minimum Gasteiger partial charge on any atom is -0.472 e. The lowest BCUT2D eigenvalue weighted by Gasteiger charge is -2.22. The van der Waals surface area contributed by atoms with E-state index >= 15 is 0 Å². The standard InChI is InChI=1S/C25H36O4/c1-19(7-4-8-20(2)10-6-12-23-15-16-28-17-23)9-5-11-22-13-14-24(26)21(3)25(27)29-18-22/h7,10-11,15-17,21,24,26H,4-6,8-9,12-14,18H2,1-3H3/b19-7+,20-10+,22-11-/t21-,24-/m0/s1. The number of aliphatic hydroxyl groups is 1. The first-order valence-corrected chi connectivity index (χ1v) is 10.8. The Morgan fingerprint density at radius 1 is 1.17 bits per heavy atom. The zero-order valence-electron chi connectivity index (χ0n) is 18.2. The van der Waals surface area contributed by atoms with Crippen LogP contribution in [0.25, 0.3) is 0 Å². The molecule has 0 radical (unpaired) electrons. The molecule has 0 saturated carbocycles. The zero-order chi connectivity index (χ0) is 21.1. The first kappa shape index (κ1) is 23.2. The SMILES string of the molecule is C/C(=C\CC/C(C)=C/CCc1ccoc1)CC/C=C1/CC[C@H](O)[C@H](C)C(=O)OC1. The Morgan fingerprint density at radius 2 is 1.90 bits per heavy atom. The summed E-state index contributed by atoms with van der Waals surface area (Å²) < 4.78 is 10.4. The van der Waals surface area contributed by atoms with Crippen LogP contribution in [0.5, 0.6) is 0 Å². The van der Waals surface area contributed by atoms with E-state index in [4.69, 9.17) is 9.15 Å². The number of hydrogen-bond acceptors (Lipinski definition) is 4. The molecule has 2 rings (SSSR count). The Kier molecular flexibility index (Phi) is 9.99. The summed E-state index contributed by atoms with van der Waals surface area (Å²) in [5.74, 6) is -0.725. The van der Waals surface area contributed by atoms with Crippen LogP contribution >= 0.6 is 0 Å². The van der Waals surface area contributed by atoms with Crippen molar-refractivity contribution in [2.45, 2.75) is 78.2 Å². The van der Waals surface area contributed by atoms with Crippen molar-refractivity contribution in [1.82, 2.24) is 0 Å². The van der Waals surface area contributed by atoms with Crippen molar-refractivity contribution >= 4 is 5.97 Å². The van der Waals surface area contributed by atoms with Crippen LogP contribution in [0.15, 0.2) is 58.0 Å². The minimum atomic E-state index is -0.608. The first-order valence-electron chi connectivity index (χ1n) is 10.8. The molecule has 1 aliphatic rings. The van der Waals surface area contributed by atoms with Gasteiger partial charge in [0.25, 0.3) is 0 Å². The number of aryl methyl sites for hydroxylation is 1. The summed E-state index contributed by atoms with van der Waals surface area (Å²) in [6.45, 7) is 6.47. The molecule has 0 spiro atoms. The summed E-state index contributed by atoms with van der Waals surface area (Å²) in [4.78, 5) is 11.8. The predicted molar refractivity (Wildman–Crippen MR) is 116 cm³/mol. The minimum absolute atomic E-state index is 0.299. The van der Waals surface area contributed by atoms with Crippen molar-refractivity contribution in [3.05, 3.63) is 59.1 Å². The van der Waals surface area contributed by atoms with E-state index in [9.17, 15) is 9.90 Å². The predicted octanol–water partition coefficient (Wildman–Crippen LogP) is 5.93. The topological polar surface area (TPSA) is 59.7 Å². The van der Waals surface area contributed by atoms with Gasteiger partial charge < -0.3 is 14.3 Å². The molecule has 0 aliphatic carbocycles. The number of cyclic esters (lactones) is 1. The molecule has 1 aromatic rings. The molecule has 0 aromatic carbocycles. The molecule has 1 N–H and O–H groups in total. The lowest BCUT2D eigenvalue weighted by atomic mass is 9.96. The van der Waals surface area contributed by atoms with Gasteiger partial charge in [-0.3, -0.25) is 4.79 Å². The van der Waals surface area contributed by atoms with Crippen LogP contribution in [-0.2, 0) is 16.0 Å². The quantitative estimate of drug-likeness (QED) is 0.412. The third-order valence-electron chi connectivity index (χ3n) is 5.62. The Hall–Kier alpha value is -2.07. The number of rotatable bonds is 9. The van der Waals surface area contributed by atoms with Gasteiger partial charge in [0.1, 0.15) is 6.61 Å². The van der Waals surface area contributed by atoms with Crippen molar-refractivity contribution in [1.29, 1.82) is 0 Å². The van der Waals surface area contributed by atoms with Crippen molar-refractivity contribution in [3.8, 4) is 0 Å². The number of ether oxygens (including phenoxy) is 1. The number of allylic oxidation sites excluding steroid dienone is 5. The van der Waals surface area contributed by atoms with E-state index in [1.165, 1.54) is 16.7 Å². The number of hydrogen-bond donors (Lipinski definition) is 1. The molecule has 0 unspecified atom stereocenters. The van der Waals surface area contributed by atoms with Crippen LogP contribution in [0.3, 0.4) is 0 Å². The second kappa shape index (κ2) is 12.5. The Morgan fingerprint density at radius 3 is 2.62 bits per heavy atom.